The largest absolute Gasteiger partial charge is 0.371 e. The monoisotopic (exact) mass is 250 g/mol. The van der Waals surface area contributed by atoms with Crippen LogP contribution in [0.3, 0.4) is 0 Å². The van der Waals surface area contributed by atoms with Gasteiger partial charge >= 0.3 is 0 Å². The first-order valence-electron chi connectivity index (χ1n) is 5.81. The van der Waals surface area contributed by atoms with Crippen LogP contribution in [0.4, 0.5) is 5.69 Å². The number of nitrogens with one attached hydrogen (secondary N) is 1. The molecule has 0 aromatic heterocycles. The number of benzene rings is 1. The van der Waals surface area contributed by atoms with Gasteiger partial charge < -0.3 is 10.4 Å². The average Bonchev–Trinajstić information content (AvgIpc) is 2.39. The molecule has 1 radical (unpaired) electrons. The molecule has 1 fully saturated rings. The van der Waals surface area contributed by atoms with Crippen molar-refractivity contribution in [1.82, 2.24) is 10.2 Å². The maximum atomic E-state index is 11.0. The van der Waals surface area contributed by atoms with E-state index in [-0.39, 0.29) is 11.3 Å². The van der Waals surface area contributed by atoms with Crippen LogP contribution in [0.15, 0.2) is 24.3 Å². The van der Waals surface area contributed by atoms with Crippen LogP contribution in [0.5, 0.6) is 0 Å². The fourth-order valence-electron chi connectivity index (χ4n) is 2.18. The van der Waals surface area contributed by atoms with Gasteiger partial charge in [0.2, 0.25) is 0 Å². The highest BCUT2D eigenvalue weighted by molar-refractivity contribution is 5.44. The summed E-state index contributed by atoms with van der Waals surface area (Å²) in [5.74, 6) is 0. The first kappa shape index (κ1) is 12.9. The topological polar surface area (TPSA) is 78.6 Å². The molecule has 1 aromatic carbocycles. The molecule has 0 amide bonds. The zero-order chi connectivity index (χ0) is 13.2. The Morgan fingerprint density at radius 1 is 1.39 bits per heavy atom. The van der Waals surface area contributed by atoms with Gasteiger partial charge in [0.05, 0.1) is 10.5 Å². The van der Waals surface area contributed by atoms with Crippen LogP contribution in [0.25, 0.3) is 0 Å². The predicted octanol–water partition coefficient (Wildman–Crippen LogP) is 0.479. The van der Waals surface area contributed by atoms with Crippen LogP contribution in [0.1, 0.15) is 5.56 Å². The minimum Gasteiger partial charge on any atom is -0.371 e. The SMILES string of the molecule is [CH2]C(O)(c1ccccc1[N+](=O)[O-])N1CCNCC1. The highest BCUT2D eigenvalue weighted by Gasteiger charge is 2.37. The molecule has 0 aliphatic carbocycles. The third kappa shape index (κ3) is 2.35. The lowest BCUT2D eigenvalue weighted by Gasteiger charge is -2.39. The molecule has 6 heteroatoms. The molecule has 0 bridgehead atoms. The highest BCUT2D eigenvalue weighted by atomic mass is 16.6. The molecule has 2 rings (SSSR count). The number of para-hydroxylation sites is 1. The van der Waals surface area contributed by atoms with Gasteiger partial charge in [-0.15, -0.1) is 0 Å². The fraction of sp³-hybridized carbons (Fsp3) is 0.417. The second kappa shape index (κ2) is 5.01. The lowest BCUT2D eigenvalue weighted by Crippen LogP contribution is -2.53. The van der Waals surface area contributed by atoms with Gasteiger partial charge in [-0.2, -0.15) is 0 Å². The van der Waals surface area contributed by atoms with Crippen molar-refractivity contribution in [3.63, 3.8) is 0 Å². The van der Waals surface area contributed by atoms with Gasteiger partial charge in [0.25, 0.3) is 5.69 Å². The van der Waals surface area contributed by atoms with E-state index in [1.165, 1.54) is 6.07 Å². The van der Waals surface area contributed by atoms with Gasteiger partial charge in [-0.05, 0) is 13.0 Å². The number of piperazine rings is 1. The molecule has 18 heavy (non-hydrogen) atoms. The Morgan fingerprint density at radius 2 is 2.00 bits per heavy atom. The van der Waals surface area contributed by atoms with E-state index < -0.39 is 10.6 Å². The zero-order valence-electron chi connectivity index (χ0n) is 10.0. The average molecular weight is 250 g/mol. The second-order valence-electron chi connectivity index (χ2n) is 4.33. The van der Waals surface area contributed by atoms with Crippen molar-refractivity contribution in [2.24, 2.45) is 0 Å². The molecule has 1 heterocycles. The molecule has 1 saturated heterocycles. The Labute approximate surface area is 105 Å². The lowest BCUT2D eigenvalue weighted by molar-refractivity contribution is -0.387. The highest BCUT2D eigenvalue weighted by Crippen LogP contribution is 2.32. The minimum absolute atomic E-state index is 0.103. The summed E-state index contributed by atoms with van der Waals surface area (Å²) in [5, 5.41) is 24.7. The van der Waals surface area contributed by atoms with Gasteiger partial charge in [-0.3, -0.25) is 15.0 Å². The van der Waals surface area contributed by atoms with Gasteiger partial charge in [-0.25, -0.2) is 0 Å². The van der Waals surface area contributed by atoms with Crippen molar-refractivity contribution in [2.45, 2.75) is 5.72 Å². The van der Waals surface area contributed by atoms with Crippen LogP contribution in [-0.4, -0.2) is 41.1 Å². The normalized spacial score (nSPS) is 20.3. The van der Waals surface area contributed by atoms with Crippen molar-refractivity contribution in [3.05, 3.63) is 46.9 Å². The van der Waals surface area contributed by atoms with E-state index in [2.05, 4.69) is 12.2 Å². The Bertz CT molecular complexity index is 442. The van der Waals surface area contributed by atoms with E-state index in [1.807, 2.05) is 0 Å². The summed E-state index contributed by atoms with van der Waals surface area (Å²) in [5.41, 5.74) is -1.43. The standard InChI is InChI=1S/C12H16N3O3/c1-12(16,14-8-6-13-7-9-14)10-4-2-3-5-11(10)15(17)18/h2-5,13,16H,1,6-9H2. The van der Waals surface area contributed by atoms with Gasteiger partial charge in [0.1, 0.15) is 0 Å². The van der Waals surface area contributed by atoms with Crippen molar-refractivity contribution in [3.8, 4) is 0 Å². The number of hydrogen-bond acceptors (Lipinski definition) is 5. The zero-order valence-corrected chi connectivity index (χ0v) is 10.0. The molecule has 0 saturated carbocycles. The second-order valence-corrected chi connectivity index (χ2v) is 4.33. The molecular weight excluding hydrogens is 234 g/mol. The van der Waals surface area contributed by atoms with E-state index in [4.69, 9.17) is 0 Å². The molecule has 1 unspecified atom stereocenters. The molecular formula is C12H16N3O3. The van der Waals surface area contributed by atoms with Gasteiger partial charge in [0, 0.05) is 32.2 Å². The summed E-state index contributed by atoms with van der Waals surface area (Å²) in [7, 11) is 0. The smallest absolute Gasteiger partial charge is 0.276 e. The van der Waals surface area contributed by atoms with Crippen LogP contribution in [0, 0.1) is 17.0 Å². The molecule has 0 spiro atoms. The Morgan fingerprint density at radius 3 is 2.61 bits per heavy atom. The molecule has 1 aromatic rings. The first-order valence-corrected chi connectivity index (χ1v) is 5.81. The number of nitro benzene ring substituents is 1. The van der Waals surface area contributed by atoms with E-state index in [0.29, 0.717) is 13.1 Å². The molecule has 2 N–H and O–H groups in total. The van der Waals surface area contributed by atoms with Crippen molar-refractivity contribution < 1.29 is 10.0 Å². The number of nitrogens with zero attached hydrogens (tertiary/aromatic N) is 2. The molecule has 1 aliphatic heterocycles. The van der Waals surface area contributed by atoms with E-state index in [0.717, 1.165) is 13.1 Å². The van der Waals surface area contributed by atoms with Gasteiger partial charge in [0.15, 0.2) is 5.72 Å². The van der Waals surface area contributed by atoms with Crippen molar-refractivity contribution >= 4 is 5.69 Å². The maximum Gasteiger partial charge on any atom is 0.276 e. The lowest BCUT2D eigenvalue weighted by atomic mass is 10.00. The first-order chi connectivity index (χ1) is 8.53. The summed E-state index contributed by atoms with van der Waals surface area (Å²) in [4.78, 5) is 12.2. The molecule has 97 valence electrons. The molecule has 6 nitrogen and oxygen atoms in total. The van der Waals surface area contributed by atoms with E-state index in [1.54, 1.807) is 23.1 Å². The third-order valence-electron chi connectivity index (χ3n) is 3.17. The maximum absolute atomic E-state index is 11.0. The summed E-state index contributed by atoms with van der Waals surface area (Å²) in [6, 6.07) is 6.18. The summed E-state index contributed by atoms with van der Waals surface area (Å²) >= 11 is 0. The predicted molar refractivity (Wildman–Crippen MR) is 66.8 cm³/mol. The Balaban J connectivity index is 2.36. The summed E-state index contributed by atoms with van der Waals surface area (Å²) in [6.07, 6.45) is 0. The van der Waals surface area contributed by atoms with Crippen LogP contribution in [0.2, 0.25) is 0 Å². The molecule has 1 atom stereocenters. The summed E-state index contributed by atoms with van der Waals surface area (Å²) < 4.78 is 0. The number of hydrogen-bond donors (Lipinski definition) is 2. The van der Waals surface area contributed by atoms with Crippen LogP contribution < -0.4 is 5.32 Å². The molecule has 1 aliphatic rings. The van der Waals surface area contributed by atoms with E-state index >= 15 is 0 Å². The number of nitro groups is 1. The quantitative estimate of drug-likeness (QED) is 0.602. The fourth-order valence-corrected chi connectivity index (χ4v) is 2.18. The van der Waals surface area contributed by atoms with E-state index in [9.17, 15) is 15.2 Å². The summed E-state index contributed by atoms with van der Waals surface area (Å²) in [6.45, 7) is 6.43. The number of aliphatic hydroxyl groups is 1. The third-order valence-corrected chi connectivity index (χ3v) is 3.17. The Hall–Kier alpha value is -1.50. The minimum atomic E-state index is -1.56. The Kier molecular flexibility index (Phi) is 3.60. The van der Waals surface area contributed by atoms with Gasteiger partial charge in [-0.1, -0.05) is 12.1 Å². The number of rotatable bonds is 3. The van der Waals surface area contributed by atoms with Crippen molar-refractivity contribution in [1.29, 1.82) is 0 Å². The van der Waals surface area contributed by atoms with Crippen LogP contribution in [-0.2, 0) is 5.72 Å². The van der Waals surface area contributed by atoms with Crippen LogP contribution >= 0.6 is 0 Å². The van der Waals surface area contributed by atoms with Crippen molar-refractivity contribution in [2.75, 3.05) is 26.2 Å².